The monoisotopic (exact) mass is 368 g/mol. The number of ether oxygens (including phenoxy) is 2. The fourth-order valence-electron chi connectivity index (χ4n) is 1.16. The molecule has 0 spiro atoms. The van der Waals surface area contributed by atoms with Crippen LogP contribution in [-0.4, -0.2) is 36.7 Å². The van der Waals surface area contributed by atoms with E-state index in [1.807, 2.05) is 0 Å². The van der Waals surface area contributed by atoms with Gasteiger partial charge in [-0.2, -0.15) is 5.10 Å². The van der Waals surface area contributed by atoms with Gasteiger partial charge in [-0.1, -0.05) is 0 Å². The van der Waals surface area contributed by atoms with Gasteiger partial charge >= 0.3 is 0 Å². The van der Waals surface area contributed by atoms with Crippen molar-refractivity contribution in [3.8, 4) is 0 Å². The molecule has 0 aliphatic heterocycles. The predicted molar refractivity (Wildman–Crippen MR) is 71.2 cm³/mol. The number of aryl methyl sites for hydroxylation is 1. The first kappa shape index (κ1) is 14.8. The van der Waals surface area contributed by atoms with Gasteiger partial charge in [-0.25, -0.2) is 4.68 Å². The van der Waals surface area contributed by atoms with Gasteiger partial charge in [-0.15, -0.1) is 0 Å². The average Bonchev–Trinajstić information content (AvgIpc) is 2.33. The number of rotatable bonds is 7. The Bertz CT molecular complexity index is 409. The minimum absolute atomic E-state index is 0.142. The maximum absolute atomic E-state index is 11.7. The van der Waals surface area contributed by atoms with Gasteiger partial charge in [0.1, 0.15) is 4.47 Å². The van der Waals surface area contributed by atoms with Crippen LogP contribution in [0, 0.1) is 0 Å². The molecule has 0 bridgehead atoms. The summed E-state index contributed by atoms with van der Waals surface area (Å²) in [6, 6.07) is 0. The third kappa shape index (κ3) is 4.87. The summed E-state index contributed by atoms with van der Waals surface area (Å²) in [6.07, 6.45) is 2.34. The van der Waals surface area contributed by atoms with Gasteiger partial charge in [0.25, 0.3) is 5.56 Å². The molecule has 1 aromatic heterocycles. The zero-order valence-corrected chi connectivity index (χ0v) is 12.7. The van der Waals surface area contributed by atoms with Crippen LogP contribution in [0.4, 0.5) is 0 Å². The summed E-state index contributed by atoms with van der Waals surface area (Å²) in [7, 11) is 1.63. The van der Waals surface area contributed by atoms with Crippen LogP contribution in [-0.2, 0) is 16.0 Å². The standard InChI is InChI=1S/C10H14Br2N2O3/c1-16-5-6-17-4-2-3-14-10(15)9(12)8(11)7-13-14/h7H,2-6H2,1H3. The van der Waals surface area contributed by atoms with E-state index in [1.165, 1.54) is 4.68 Å². The number of nitrogens with zero attached hydrogens (tertiary/aromatic N) is 2. The van der Waals surface area contributed by atoms with E-state index in [2.05, 4.69) is 37.0 Å². The minimum Gasteiger partial charge on any atom is -0.382 e. The molecule has 0 radical (unpaired) electrons. The molecule has 5 nitrogen and oxygen atoms in total. The average molecular weight is 370 g/mol. The van der Waals surface area contributed by atoms with Crippen LogP contribution in [0.3, 0.4) is 0 Å². The molecule has 0 N–H and O–H groups in total. The molecule has 0 amide bonds. The van der Waals surface area contributed by atoms with Gasteiger partial charge < -0.3 is 9.47 Å². The minimum atomic E-state index is -0.142. The molecule has 0 saturated carbocycles. The highest BCUT2D eigenvalue weighted by atomic mass is 79.9. The van der Waals surface area contributed by atoms with Crippen LogP contribution < -0.4 is 5.56 Å². The molecule has 96 valence electrons. The lowest BCUT2D eigenvalue weighted by atomic mass is 10.4. The molecule has 1 heterocycles. The highest BCUT2D eigenvalue weighted by molar-refractivity contribution is 9.13. The third-order valence-corrected chi connectivity index (χ3v) is 3.93. The van der Waals surface area contributed by atoms with Crippen LogP contribution >= 0.6 is 31.9 Å². The van der Waals surface area contributed by atoms with E-state index in [9.17, 15) is 4.79 Å². The summed E-state index contributed by atoms with van der Waals surface area (Å²) in [5, 5.41) is 4.02. The Balaban J connectivity index is 2.37. The zero-order valence-electron chi connectivity index (χ0n) is 9.49. The molecule has 7 heteroatoms. The molecule has 0 unspecified atom stereocenters. The summed E-state index contributed by atoms with van der Waals surface area (Å²) in [5.74, 6) is 0. The molecule has 17 heavy (non-hydrogen) atoms. The first-order chi connectivity index (χ1) is 8.16. The number of aromatic nitrogens is 2. The van der Waals surface area contributed by atoms with E-state index in [0.717, 1.165) is 6.42 Å². The third-order valence-electron chi connectivity index (χ3n) is 2.03. The Kier molecular flexibility index (Phi) is 6.94. The Morgan fingerprint density at radius 3 is 2.82 bits per heavy atom. The van der Waals surface area contributed by atoms with E-state index in [1.54, 1.807) is 13.3 Å². The van der Waals surface area contributed by atoms with Gasteiger partial charge in [-0.3, -0.25) is 4.79 Å². The van der Waals surface area contributed by atoms with Crippen LogP contribution in [0.2, 0.25) is 0 Å². The van der Waals surface area contributed by atoms with Crippen molar-refractivity contribution in [3.63, 3.8) is 0 Å². The summed E-state index contributed by atoms with van der Waals surface area (Å²) < 4.78 is 12.7. The van der Waals surface area contributed by atoms with Gasteiger partial charge in [0.05, 0.1) is 23.9 Å². The lowest BCUT2D eigenvalue weighted by Gasteiger charge is -2.06. The Morgan fingerprint density at radius 2 is 2.12 bits per heavy atom. The van der Waals surface area contributed by atoms with E-state index < -0.39 is 0 Å². The fourth-order valence-corrected chi connectivity index (χ4v) is 1.73. The Morgan fingerprint density at radius 1 is 1.35 bits per heavy atom. The number of methoxy groups -OCH3 is 1. The summed E-state index contributed by atoms with van der Waals surface area (Å²) in [5.41, 5.74) is -0.142. The maximum Gasteiger partial charge on any atom is 0.282 e. The second-order valence-electron chi connectivity index (χ2n) is 3.29. The normalized spacial score (nSPS) is 10.8. The van der Waals surface area contributed by atoms with Crippen LogP contribution in [0.5, 0.6) is 0 Å². The van der Waals surface area contributed by atoms with Gasteiger partial charge in [0, 0.05) is 20.3 Å². The molecule has 1 aromatic rings. The van der Waals surface area contributed by atoms with Crippen LogP contribution in [0.25, 0.3) is 0 Å². The zero-order chi connectivity index (χ0) is 12.7. The van der Waals surface area contributed by atoms with E-state index in [-0.39, 0.29) is 5.56 Å². The van der Waals surface area contributed by atoms with Crippen molar-refractivity contribution < 1.29 is 9.47 Å². The number of hydrogen-bond donors (Lipinski definition) is 0. The van der Waals surface area contributed by atoms with Gasteiger partial charge in [-0.05, 0) is 38.3 Å². The summed E-state index contributed by atoms with van der Waals surface area (Å²) in [6.45, 7) is 2.29. The highest BCUT2D eigenvalue weighted by Gasteiger charge is 2.05. The first-order valence-electron chi connectivity index (χ1n) is 5.14. The largest absolute Gasteiger partial charge is 0.382 e. The van der Waals surface area contributed by atoms with Gasteiger partial charge in [0.15, 0.2) is 0 Å². The van der Waals surface area contributed by atoms with Crippen molar-refractivity contribution in [1.29, 1.82) is 0 Å². The van der Waals surface area contributed by atoms with Crippen molar-refractivity contribution in [2.45, 2.75) is 13.0 Å². The molecule has 1 rings (SSSR count). The molecule has 0 aliphatic carbocycles. The van der Waals surface area contributed by atoms with Crippen molar-refractivity contribution >= 4 is 31.9 Å². The van der Waals surface area contributed by atoms with E-state index in [4.69, 9.17) is 9.47 Å². The van der Waals surface area contributed by atoms with Crippen LogP contribution in [0.1, 0.15) is 6.42 Å². The molecule has 0 aromatic carbocycles. The second kappa shape index (κ2) is 7.97. The first-order valence-corrected chi connectivity index (χ1v) is 6.73. The fraction of sp³-hybridized carbons (Fsp3) is 0.600. The molecule has 0 aliphatic rings. The number of halogens is 2. The van der Waals surface area contributed by atoms with E-state index >= 15 is 0 Å². The lowest BCUT2D eigenvalue weighted by Crippen LogP contribution is -2.24. The Hall–Kier alpha value is -0.240. The second-order valence-corrected chi connectivity index (χ2v) is 4.94. The molecule has 0 atom stereocenters. The quantitative estimate of drug-likeness (QED) is 0.688. The van der Waals surface area contributed by atoms with Crippen molar-refractivity contribution in [1.82, 2.24) is 9.78 Å². The smallest absolute Gasteiger partial charge is 0.282 e. The predicted octanol–water partition coefficient (Wildman–Crippen LogP) is 1.82. The van der Waals surface area contributed by atoms with Crippen LogP contribution in [0.15, 0.2) is 19.9 Å². The summed E-state index contributed by atoms with van der Waals surface area (Å²) >= 11 is 6.43. The molecular weight excluding hydrogens is 356 g/mol. The summed E-state index contributed by atoms with van der Waals surface area (Å²) in [4.78, 5) is 11.7. The lowest BCUT2D eigenvalue weighted by molar-refractivity contribution is 0.0675. The highest BCUT2D eigenvalue weighted by Crippen LogP contribution is 2.16. The van der Waals surface area contributed by atoms with Crippen molar-refractivity contribution in [3.05, 3.63) is 25.5 Å². The molecule has 0 fully saturated rings. The Labute approximate surface area is 116 Å². The number of hydrogen-bond acceptors (Lipinski definition) is 4. The van der Waals surface area contributed by atoms with Gasteiger partial charge in [0.2, 0.25) is 0 Å². The topological polar surface area (TPSA) is 53.4 Å². The van der Waals surface area contributed by atoms with E-state index in [0.29, 0.717) is 35.3 Å². The van der Waals surface area contributed by atoms with Crippen molar-refractivity contribution in [2.24, 2.45) is 0 Å². The SMILES string of the molecule is COCCOCCCn1ncc(Br)c(Br)c1=O. The molecular formula is C10H14Br2N2O3. The molecule has 0 saturated heterocycles. The maximum atomic E-state index is 11.7. The van der Waals surface area contributed by atoms with Crippen molar-refractivity contribution in [2.75, 3.05) is 26.9 Å².